The minimum Gasteiger partial charge on any atom is -0.306 e. The van der Waals surface area contributed by atoms with E-state index in [9.17, 15) is 0 Å². The van der Waals surface area contributed by atoms with Gasteiger partial charge in [-0.15, -0.1) is 0 Å². The number of rotatable bonds is 2. The Morgan fingerprint density at radius 3 is 2.73 bits per heavy atom. The van der Waals surface area contributed by atoms with Crippen LogP contribution in [0.1, 0.15) is 24.9 Å². The largest absolute Gasteiger partial charge is 0.306 e. The van der Waals surface area contributed by atoms with Crippen molar-refractivity contribution in [2.75, 3.05) is 11.5 Å². The molecule has 82 valence electrons. The zero-order chi connectivity index (χ0) is 10.7. The lowest BCUT2D eigenvalue weighted by molar-refractivity contribution is 0.466. The van der Waals surface area contributed by atoms with Crippen molar-refractivity contribution in [2.24, 2.45) is 0 Å². The van der Waals surface area contributed by atoms with Crippen LogP contribution in [0.2, 0.25) is 5.02 Å². The Balaban J connectivity index is 2.06. The van der Waals surface area contributed by atoms with Gasteiger partial charge in [0.05, 0.1) is 0 Å². The predicted molar refractivity (Wildman–Crippen MR) is 68.7 cm³/mol. The average Bonchev–Trinajstić information content (AvgIpc) is 2.30. The van der Waals surface area contributed by atoms with Crippen molar-refractivity contribution in [2.45, 2.75) is 25.4 Å². The van der Waals surface area contributed by atoms with Crippen LogP contribution < -0.4 is 5.32 Å². The highest BCUT2D eigenvalue weighted by atomic mass is 35.5. The molecule has 15 heavy (non-hydrogen) atoms. The second-order valence-corrected chi connectivity index (χ2v) is 5.42. The normalized spacial score (nSPS) is 26.5. The van der Waals surface area contributed by atoms with Gasteiger partial charge in [0.25, 0.3) is 0 Å². The van der Waals surface area contributed by atoms with Gasteiger partial charge in [-0.3, -0.25) is 0 Å². The van der Waals surface area contributed by atoms with E-state index < -0.39 is 0 Å². The van der Waals surface area contributed by atoms with Crippen LogP contribution in [0.3, 0.4) is 0 Å². The third-order valence-electron chi connectivity index (χ3n) is 2.81. The van der Waals surface area contributed by atoms with Crippen LogP contribution in [0.15, 0.2) is 24.3 Å². The molecule has 1 aromatic rings. The van der Waals surface area contributed by atoms with E-state index in [2.05, 4.69) is 24.4 Å². The van der Waals surface area contributed by atoms with E-state index in [4.69, 9.17) is 11.6 Å². The molecule has 1 aromatic carbocycles. The number of nitrogens with one attached hydrogen (secondary N) is 1. The van der Waals surface area contributed by atoms with Gasteiger partial charge in [-0.25, -0.2) is 0 Å². The molecule has 0 bridgehead atoms. The number of halogens is 1. The highest BCUT2D eigenvalue weighted by Crippen LogP contribution is 2.26. The minimum atomic E-state index is 0.492. The summed E-state index contributed by atoms with van der Waals surface area (Å²) in [5, 5.41) is 4.49. The maximum Gasteiger partial charge on any atom is 0.0414 e. The van der Waals surface area contributed by atoms with Gasteiger partial charge in [-0.05, 0) is 24.1 Å². The standard InChI is InChI=1S/C12H16ClNS/c1-2-11-7-15-8-12(14-11)9-3-5-10(13)6-4-9/h3-6,11-12,14H,2,7-8H2,1H3. The topological polar surface area (TPSA) is 12.0 Å². The Morgan fingerprint density at radius 1 is 1.33 bits per heavy atom. The first kappa shape index (κ1) is 11.3. The van der Waals surface area contributed by atoms with Gasteiger partial charge in [-0.1, -0.05) is 30.7 Å². The first-order valence-electron chi connectivity index (χ1n) is 5.39. The van der Waals surface area contributed by atoms with Gasteiger partial charge >= 0.3 is 0 Å². The molecule has 1 nitrogen and oxygen atoms in total. The maximum atomic E-state index is 5.88. The molecule has 0 spiro atoms. The van der Waals surface area contributed by atoms with Gasteiger partial charge in [-0.2, -0.15) is 11.8 Å². The van der Waals surface area contributed by atoms with E-state index in [0.717, 1.165) is 10.8 Å². The monoisotopic (exact) mass is 241 g/mol. The number of hydrogen-bond donors (Lipinski definition) is 1. The van der Waals surface area contributed by atoms with Gasteiger partial charge in [0.1, 0.15) is 0 Å². The second-order valence-electron chi connectivity index (χ2n) is 3.91. The summed E-state index contributed by atoms with van der Waals surface area (Å²) >= 11 is 7.92. The Labute approximate surface area is 101 Å². The second kappa shape index (κ2) is 5.24. The van der Waals surface area contributed by atoms with Crippen molar-refractivity contribution < 1.29 is 0 Å². The van der Waals surface area contributed by atoms with E-state index >= 15 is 0 Å². The summed E-state index contributed by atoms with van der Waals surface area (Å²) in [6, 6.07) is 9.34. The summed E-state index contributed by atoms with van der Waals surface area (Å²) in [7, 11) is 0. The molecular formula is C12H16ClNS. The Bertz CT molecular complexity index is 312. The third kappa shape index (κ3) is 2.90. The van der Waals surface area contributed by atoms with Crippen LogP contribution in [0, 0.1) is 0 Å². The van der Waals surface area contributed by atoms with Crippen molar-refractivity contribution in [1.82, 2.24) is 5.32 Å². The van der Waals surface area contributed by atoms with E-state index in [-0.39, 0.29) is 0 Å². The number of benzene rings is 1. The number of hydrogen-bond acceptors (Lipinski definition) is 2. The van der Waals surface area contributed by atoms with Gasteiger partial charge in [0.15, 0.2) is 0 Å². The molecule has 1 fully saturated rings. The molecule has 1 heterocycles. The highest BCUT2D eigenvalue weighted by Gasteiger charge is 2.20. The first-order chi connectivity index (χ1) is 7.29. The average molecular weight is 242 g/mol. The number of thioether (sulfide) groups is 1. The molecule has 2 rings (SSSR count). The molecular weight excluding hydrogens is 226 g/mol. The van der Waals surface area contributed by atoms with E-state index in [1.807, 2.05) is 23.9 Å². The maximum absolute atomic E-state index is 5.88. The predicted octanol–water partition coefficient (Wildman–Crippen LogP) is 3.50. The van der Waals surface area contributed by atoms with Crippen molar-refractivity contribution in [1.29, 1.82) is 0 Å². The van der Waals surface area contributed by atoms with Crippen LogP contribution in [0.4, 0.5) is 0 Å². The molecule has 1 aliphatic heterocycles. The van der Waals surface area contributed by atoms with E-state index in [1.54, 1.807) is 0 Å². The fraction of sp³-hybridized carbons (Fsp3) is 0.500. The van der Waals surface area contributed by atoms with Crippen LogP contribution in [-0.2, 0) is 0 Å². The summed E-state index contributed by atoms with van der Waals surface area (Å²) in [6.07, 6.45) is 1.21. The smallest absolute Gasteiger partial charge is 0.0414 e. The van der Waals surface area contributed by atoms with Crippen molar-refractivity contribution >= 4 is 23.4 Å². The highest BCUT2D eigenvalue weighted by molar-refractivity contribution is 7.99. The van der Waals surface area contributed by atoms with Crippen LogP contribution in [-0.4, -0.2) is 17.5 Å². The van der Waals surface area contributed by atoms with Crippen LogP contribution in [0.25, 0.3) is 0 Å². The van der Waals surface area contributed by atoms with Gasteiger partial charge < -0.3 is 5.32 Å². The molecule has 2 unspecified atom stereocenters. The summed E-state index contributed by atoms with van der Waals surface area (Å²) < 4.78 is 0. The van der Waals surface area contributed by atoms with E-state index in [1.165, 1.54) is 17.7 Å². The zero-order valence-electron chi connectivity index (χ0n) is 8.87. The van der Waals surface area contributed by atoms with Crippen molar-refractivity contribution in [3.8, 4) is 0 Å². The van der Waals surface area contributed by atoms with Crippen molar-refractivity contribution in [3.05, 3.63) is 34.9 Å². The van der Waals surface area contributed by atoms with Gasteiger partial charge in [0, 0.05) is 28.6 Å². The lowest BCUT2D eigenvalue weighted by atomic mass is 10.1. The Kier molecular flexibility index (Phi) is 3.95. The molecule has 0 saturated carbocycles. The Hall–Kier alpha value is -0.180. The van der Waals surface area contributed by atoms with E-state index in [0.29, 0.717) is 12.1 Å². The zero-order valence-corrected chi connectivity index (χ0v) is 10.4. The molecule has 1 saturated heterocycles. The summed E-state index contributed by atoms with van der Waals surface area (Å²) in [5.41, 5.74) is 1.35. The molecule has 3 heteroatoms. The SMILES string of the molecule is CCC1CSCC(c2ccc(Cl)cc2)N1. The lowest BCUT2D eigenvalue weighted by Crippen LogP contribution is -2.39. The molecule has 0 radical (unpaired) electrons. The fourth-order valence-electron chi connectivity index (χ4n) is 1.83. The Morgan fingerprint density at radius 2 is 2.07 bits per heavy atom. The van der Waals surface area contributed by atoms with Gasteiger partial charge in [0.2, 0.25) is 0 Å². The summed E-state index contributed by atoms with van der Waals surface area (Å²) in [5.74, 6) is 2.40. The summed E-state index contributed by atoms with van der Waals surface area (Å²) in [4.78, 5) is 0. The minimum absolute atomic E-state index is 0.492. The molecule has 0 amide bonds. The summed E-state index contributed by atoms with van der Waals surface area (Å²) in [6.45, 7) is 2.24. The quantitative estimate of drug-likeness (QED) is 0.851. The molecule has 2 atom stereocenters. The first-order valence-corrected chi connectivity index (χ1v) is 6.92. The molecule has 0 aliphatic carbocycles. The third-order valence-corrected chi connectivity index (χ3v) is 4.26. The van der Waals surface area contributed by atoms with Crippen molar-refractivity contribution in [3.63, 3.8) is 0 Å². The lowest BCUT2D eigenvalue weighted by Gasteiger charge is -2.30. The van der Waals surface area contributed by atoms with Crippen LogP contribution >= 0.6 is 23.4 Å². The fourth-order valence-corrected chi connectivity index (χ4v) is 3.24. The molecule has 0 aromatic heterocycles. The molecule has 1 aliphatic rings. The van der Waals surface area contributed by atoms with Crippen LogP contribution in [0.5, 0.6) is 0 Å². The molecule has 1 N–H and O–H groups in total.